The fraction of sp³-hybridized carbons (Fsp3) is 0.100. The summed E-state index contributed by atoms with van der Waals surface area (Å²) >= 11 is 5.78. The van der Waals surface area contributed by atoms with Crippen LogP contribution in [0.1, 0.15) is 16.2 Å². The molecule has 16 heavy (non-hydrogen) atoms. The number of aromatic amines is 1. The number of carboxylic acid groups (broad SMARTS) is 1. The summed E-state index contributed by atoms with van der Waals surface area (Å²) in [6, 6.07) is 1.67. The average molecular weight is 238 g/mol. The Labute approximate surface area is 96.1 Å². The Morgan fingerprint density at radius 1 is 1.50 bits per heavy atom. The molecule has 82 valence electrons. The van der Waals surface area contributed by atoms with Crippen LogP contribution in [0.5, 0.6) is 0 Å². The second kappa shape index (κ2) is 3.94. The van der Waals surface area contributed by atoms with Crippen LogP contribution in [0.2, 0.25) is 5.02 Å². The molecule has 0 aromatic carbocycles. The van der Waals surface area contributed by atoms with Crippen molar-refractivity contribution in [2.24, 2.45) is 0 Å². The highest BCUT2D eigenvalue weighted by atomic mass is 35.5. The van der Waals surface area contributed by atoms with Gasteiger partial charge in [-0.05, 0) is 13.0 Å². The van der Waals surface area contributed by atoms with E-state index in [0.29, 0.717) is 22.1 Å². The molecule has 0 unspecified atom stereocenters. The van der Waals surface area contributed by atoms with Gasteiger partial charge < -0.3 is 10.1 Å². The number of nitrogens with one attached hydrogen (secondary N) is 1. The van der Waals surface area contributed by atoms with Gasteiger partial charge in [-0.15, -0.1) is 0 Å². The molecule has 0 aliphatic heterocycles. The van der Waals surface area contributed by atoms with Crippen LogP contribution in [-0.2, 0) is 0 Å². The van der Waals surface area contributed by atoms with E-state index in [0.717, 1.165) is 0 Å². The molecule has 2 rings (SSSR count). The Morgan fingerprint density at radius 3 is 2.81 bits per heavy atom. The van der Waals surface area contributed by atoms with Crippen LogP contribution >= 0.6 is 11.6 Å². The SMILES string of the molecule is Cc1[nH]c(-c2cncc(Cl)c2)nc1C(=O)O. The second-order valence-corrected chi connectivity index (χ2v) is 3.69. The largest absolute Gasteiger partial charge is 0.476 e. The topological polar surface area (TPSA) is 78.9 Å². The van der Waals surface area contributed by atoms with Crippen molar-refractivity contribution in [1.29, 1.82) is 0 Å². The van der Waals surface area contributed by atoms with Gasteiger partial charge in [0.15, 0.2) is 5.69 Å². The van der Waals surface area contributed by atoms with Crippen LogP contribution in [0.15, 0.2) is 18.5 Å². The van der Waals surface area contributed by atoms with Gasteiger partial charge in [0.25, 0.3) is 0 Å². The molecule has 2 aromatic heterocycles. The first-order valence-corrected chi connectivity index (χ1v) is 4.86. The van der Waals surface area contributed by atoms with E-state index in [9.17, 15) is 4.79 Å². The number of hydrogen-bond acceptors (Lipinski definition) is 3. The lowest BCUT2D eigenvalue weighted by atomic mass is 10.3. The summed E-state index contributed by atoms with van der Waals surface area (Å²) in [6.45, 7) is 1.65. The number of hydrogen-bond donors (Lipinski definition) is 2. The summed E-state index contributed by atoms with van der Waals surface area (Å²) in [5.74, 6) is -0.611. The van der Waals surface area contributed by atoms with Crippen LogP contribution in [-0.4, -0.2) is 26.0 Å². The van der Waals surface area contributed by atoms with Crippen molar-refractivity contribution in [3.63, 3.8) is 0 Å². The number of aromatic carboxylic acids is 1. The average Bonchev–Trinajstić information content (AvgIpc) is 2.60. The molecular formula is C10H8ClN3O2. The van der Waals surface area contributed by atoms with Crippen LogP contribution in [0.3, 0.4) is 0 Å². The van der Waals surface area contributed by atoms with E-state index < -0.39 is 5.97 Å². The van der Waals surface area contributed by atoms with Crippen molar-refractivity contribution in [2.45, 2.75) is 6.92 Å². The summed E-state index contributed by atoms with van der Waals surface area (Å²) in [7, 11) is 0. The fourth-order valence-corrected chi connectivity index (χ4v) is 1.52. The zero-order valence-electron chi connectivity index (χ0n) is 8.36. The Bertz CT molecular complexity index is 551. The van der Waals surface area contributed by atoms with Gasteiger partial charge in [-0.2, -0.15) is 0 Å². The van der Waals surface area contributed by atoms with Crippen molar-refractivity contribution in [3.8, 4) is 11.4 Å². The van der Waals surface area contributed by atoms with Gasteiger partial charge in [-0.3, -0.25) is 4.98 Å². The van der Waals surface area contributed by atoms with E-state index >= 15 is 0 Å². The third-order valence-electron chi connectivity index (χ3n) is 2.07. The highest BCUT2D eigenvalue weighted by molar-refractivity contribution is 6.30. The van der Waals surface area contributed by atoms with Crippen LogP contribution in [0.4, 0.5) is 0 Å². The Hall–Kier alpha value is -1.88. The molecule has 2 N–H and O–H groups in total. The molecule has 0 radical (unpaired) electrons. The van der Waals surface area contributed by atoms with E-state index in [1.165, 1.54) is 6.20 Å². The maximum Gasteiger partial charge on any atom is 0.356 e. The lowest BCUT2D eigenvalue weighted by Crippen LogP contribution is -1.98. The third-order valence-corrected chi connectivity index (χ3v) is 2.27. The molecule has 0 bridgehead atoms. The minimum atomic E-state index is -1.06. The zero-order chi connectivity index (χ0) is 11.7. The number of carboxylic acids is 1. The summed E-state index contributed by atoms with van der Waals surface area (Å²) < 4.78 is 0. The minimum Gasteiger partial charge on any atom is -0.476 e. The van der Waals surface area contributed by atoms with Gasteiger partial charge in [0.1, 0.15) is 5.82 Å². The molecule has 6 heteroatoms. The quantitative estimate of drug-likeness (QED) is 0.839. The van der Waals surface area contributed by atoms with Gasteiger partial charge in [-0.25, -0.2) is 9.78 Å². The Morgan fingerprint density at radius 2 is 2.25 bits per heavy atom. The molecule has 0 aliphatic carbocycles. The number of H-pyrrole nitrogens is 1. The van der Waals surface area contributed by atoms with E-state index in [1.54, 1.807) is 19.2 Å². The van der Waals surface area contributed by atoms with Crippen molar-refractivity contribution >= 4 is 17.6 Å². The first-order valence-electron chi connectivity index (χ1n) is 4.49. The monoisotopic (exact) mass is 237 g/mol. The van der Waals surface area contributed by atoms with Gasteiger partial charge >= 0.3 is 5.97 Å². The molecule has 2 heterocycles. The molecular weight excluding hydrogens is 230 g/mol. The minimum absolute atomic E-state index is 0.00924. The first kappa shape index (κ1) is 10.6. The number of imidazole rings is 1. The Kier molecular flexibility index (Phi) is 2.62. The molecule has 5 nitrogen and oxygen atoms in total. The summed E-state index contributed by atoms with van der Waals surface area (Å²) in [5.41, 5.74) is 1.17. The normalized spacial score (nSPS) is 10.4. The standard InChI is InChI=1S/C10H8ClN3O2/c1-5-8(10(15)16)14-9(13-5)6-2-7(11)4-12-3-6/h2-4H,1H3,(H,13,14)(H,15,16). The third kappa shape index (κ3) is 1.90. The highest BCUT2D eigenvalue weighted by Gasteiger charge is 2.14. The number of halogens is 1. The second-order valence-electron chi connectivity index (χ2n) is 3.26. The highest BCUT2D eigenvalue weighted by Crippen LogP contribution is 2.20. The van der Waals surface area contributed by atoms with Gasteiger partial charge in [-0.1, -0.05) is 11.6 Å². The maximum atomic E-state index is 10.8. The lowest BCUT2D eigenvalue weighted by Gasteiger charge is -1.95. The van der Waals surface area contributed by atoms with Gasteiger partial charge in [0.2, 0.25) is 0 Å². The molecule has 0 saturated carbocycles. The van der Waals surface area contributed by atoms with E-state index in [2.05, 4.69) is 15.0 Å². The fourth-order valence-electron chi connectivity index (χ4n) is 1.35. The number of aromatic nitrogens is 3. The van der Waals surface area contributed by atoms with E-state index in [4.69, 9.17) is 16.7 Å². The summed E-state index contributed by atoms with van der Waals surface area (Å²) in [5, 5.41) is 9.33. The first-order chi connectivity index (χ1) is 7.58. The van der Waals surface area contributed by atoms with E-state index in [-0.39, 0.29) is 5.69 Å². The molecule has 0 amide bonds. The van der Waals surface area contributed by atoms with Gasteiger partial charge in [0, 0.05) is 23.7 Å². The lowest BCUT2D eigenvalue weighted by molar-refractivity contribution is 0.0690. The molecule has 0 aliphatic rings. The molecule has 0 atom stereocenters. The maximum absolute atomic E-state index is 10.8. The Balaban J connectivity index is 2.49. The molecule has 0 spiro atoms. The predicted octanol–water partition coefficient (Wildman–Crippen LogP) is 2.13. The van der Waals surface area contributed by atoms with Crippen LogP contribution in [0, 0.1) is 6.92 Å². The molecule has 2 aromatic rings. The van der Waals surface area contributed by atoms with Crippen molar-refractivity contribution in [1.82, 2.24) is 15.0 Å². The number of aryl methyl sites for hydroxylation is 1. The summed E-state index contributed by atoms with van der Waals surface area (Å²) in [6.07, 6.45) is 3.06. The molecule has 0 saturated heterocycles. The number of rotatable bonds is 2. The van der Waals surface area contributed by atoms with Crippen molar-refractivity contribution < 1.29 is 9.90 Å². The smallest absolute Gasteiger partial charge is 0.356 e. The number of carbonyl (C=O) groups is 1. The molecule has 0 fully saturated rings. The number of pyridine rings is 1. The van der Waals surface area contributed by atoms with Crippen molar-refractivity contribution in [2.75, 3.05) is 0 Å². The predicted molar refractivity (Wildman–Crippen MR) is 58.5 cm³/mol. The van der Waals surface area contributed by atoms with Gasteiger partial charge in [0.05, 0.1) is 5.02 Å². The summed E-state index contributed by atoms with van der Waals surface area (Å²) in [4.78, 5) is 21.6. The van der Waals surface area contributed by atoms with E-state index in [1.807, 2.05) is 0 Å². The van der Waals surface area contributed by atoms with Crippen LogP contribution in [0.25, 0.3) is 11.4 Å². The van der Waals surface area contributed by atoms with Crippen LogP contribution < -0.4 is 0 Å². The van der Waals surface area contributed by atoms with Crippen molar-refractivity contribution in [3.05, 3.63) is 34.9 Å². The number of nitrogens with zero attached hydrogens (tertiary/aromatic N) is 2. The zero-order valence-corrected chi connectivity index (χ0v) is 9.12.